The van der Waals surface area contributed by atoms with E-state index in [1.165, 1.54) is 0 Å². The lowest BCUT2D eigenvalue weighted by Crippen LogP contribution is -2.42. The van der Waals surface area contributed by atoms with Crippen molar-refractivity contribution >= 4 is 22.4 Å². The molecule has 23 heavy (non-hydrogen) atoms. The lowest BCUT2D eigenvalue weighted by atomic mass is 10.2. The highest BCUT2D eigenvalue weighted by atomic mass is 32.2. The molecule has 1 aromatic carbocycles. The third kappa shape index (κ3) is 5.11. The van der Waals surface area contributed by atoms with Crippen LogP contribution in [0.3, 0.4) is 0 Å². The zero-order valence-corrected chi connectivity index (χ0v) is 13.0. The van der Waals surface area contributed by atoms with Crippen molar-refractivity contribution in [3.05, 3.63) is 35.9 Å². The van der Waals surface area contributed by atoms with Crippen molar-refractivity contribution in [3.63, 3.8) is 0 Å². The Morgan fingerprint density at radius 2 is 2.04 bits per heavy atom. The van der Waals surface area contributed by atoms with E-state index in [1.807, 2.05) is 30.3 Å². The lowest BCUT2D eigenvalue weighted by Gasteiger charge is -2.14. The van der Waals surface area contributed by atoms with Crippen LogP contribution in [0.5, 0.6) is 0 Å². The zero-order valence-electron chi connectivity index (χ0n) is 12.2. The summed E-state index contributed by atoms with van der Waals surface area (Å²) in [4.78, 5) is 22.6. The fraction of sp³-hybridized carbons (Fsp3) is 0.385. The van der Waals surface area contributed by atoms with E-state index in [-0.39, 0.29) is 26.3 Å². The normalized spacial score (nSPS) is 14.4. The number of carbonyl (C=O) groups excluding carboxylic acids is 2. The van der Waals surface area contributed by atoms with Gasteiger partial charge in [0.25, 0.3) is 0 Å². The molecule has 126 valence electrons. The van der Waals surface area contributed by atoms with Gasteiger partial charge in [-0.3, -0.25) is 0 Å². The summed E-state index contributed by atoms with van der Waals surface area (Å²) >= 11 is 0. The second-order valence-corrected chi connectivity index (χ2v) is 6.24. The van der Waals surface area contributed by atoms with Crippen LogP contribution in [0.15, 0.2) is 30.3 Å². The quantitative estimate of drug-likeness (QED) is 0.684. The Balaban J connectivity index is 1.65. The van der Waals surface area contributed by atoms with Gasteiger partial charge in [-0.25, -0.2) is 9.59 Å². The van der Waals surface area contributed by atoms with Crippen molar-refractivity contribution in [2.24, 2.45) is 0 Å². The van der Waals surface area contributed by atoms with Crippen LogP contribution >= 0.6 is 0 Å². The van der Waals surface area contributed by atoms with E-state index in [2.05, 4.69) is 14.8 Å². The number of nitrogens with one attached hydrogen (secondary N) is 2. The van der Waals surface area contributed by atoms with Gasteiger partial charge < -0.3 is 14.8 Å². The van der Waals surface area contributed by atoms with E-state index in [0.717, 1.165) is 5.56 Å². The summed E-state index contributed by atoms with van der Waals surface area (Å²) in [6, 6.07) is 9.26. The Bertz CT molecular complexity index is 649. The number of hydrogen-bond donors (Lipinski definition) is 2. The highest BCUT2D eigenvalue weighted by Crippen LogP contribution is 2.07. The predicted octanol–water partition coefficient (Wildman–Crippen LogP) is 0.199. The van der Waals surface area contributed by atoms with Gasteiger partial charge in [0.1, 0.15) is 13.2 Å². The molecule has 0 saturated carbocycles. The van der Waals surface area contributed by atoms with E-state index < -0.39 is 22.4 Å². The summed E-state index contributed by atoms with van der Waals surface area (Å²) in [5.41, 5.74) is 0.915. The van der Waals surface area contributed by atoms with Gasteiger partial charge in [-0.05, 0) is 5.56 Å². The molecule has 0 radical (unpaired) electrons. The van der Waals surface area contributed by atoms with Crippen molar-refractivity contribution in [3.8, 4) is 0 Å². The van der Waals surface area contributed by atoms with E-state index >= 15 is 0 Å². The van der Waals surface area contributed by atoms with Crippen LogP contribution in [-0.2, 0) is 26.2 Å². The first kappa shape index (κ1) is 17.0. The summed E-state index contributed by atoms with van der Waals surface area (Å²) in [6.45, 7) is -0.0106. The lowest BCUT2D eigenvalue weighted by molar-refractivity contribution is 0.147. The molecular formula is C13H17N3O6S. The summed E-state index contributed by atoms with van der Waals surface area (Å²) in [5.74, 6) is 0. The Morgan fingerprint density at radius 1 is 1.30 bits per heavy atom. The SMILES string of the molecule is O=C(NCc1ccccc1)OCCNS(=O)(=O)N1CCOC1=O. The highest BCUT2D eigenvalue weighted by Gasteiger charge is 2.33. The largest absolute Gasteiger partial charge is 0.448 e. The summed E-state index contributed by atoms with van der Waals surface area (Å²) < 4.78 is 35.6. The van der Waals surface area contributed by atoms with E-state index in [0.29, 0.717) is 10.8 Å². The van der Waals surface area contributed by atoms with Crippen LogP contribution in [-0.4, -0.2) is 51.2 Å². The first-order valence-electron chi connectivity index (χ1n) is 6.88. The van der Waals surface area contributed by atoms with Crippen LogP contribution in [0.1, 0.15) is 5.56 Å². The Kier molecular flexibility index (Phi) is 5.77. The molecule has 1 saturated heterocycles. The minimum atomic E-state index is -3.97. The highest BCUT2D eigenvalue weighted by molar-refractivity contribution is 7.87. The van der Waals surface area contributed by atoms with Crippen molar-refractivity contribution in [1.82, 2.24) is 14.3 Å². The van der Waals surface area contributed by atoms with Crippen molar-refractivity contribution in [2.75, 3.05) is 26.3 Å². The fourth-order valence-electron chi connectivity index (χ4n) is 1.81. The molecule has 0 spiro atoms. The average molecular weight is 343 g/mol. The third-order valence-electron chi connectivity index (χ3n) is 2.91. The third-order valence-corrected chi connectivity index (χ3v) is 4.39. The number of ether oxygens (including phenoxy) is 2. The molecule has 0 aromatic heterocycles. The van der Waals surface area contributed by atoms with Crippen LogP contribution in [0.2, 0.25) is 0 Å². The molecule has 2 amide bonds. The fourth-order valence-corrected chi connectivity index (χ4v) is 2.87. The molecule has 2 rings (SSSR count). The van der Waals surface area contributed by atoms with Gasteiger partial charge in [0.05, 0.1) is 6.54 Å². The Labute approximate surface area is 133 Å². The molecule has 0 aliphatic carbocycles. The molecule has 1 fully saturated rings. The number of amides is 2. The van der Waals surface area contributed by atoms with Gasteiger partial charge in [0.2, 0.25) is 0 Å². The van der Waals surface area contributed by atoms with Crippen LogP contribution in [0.4, 0.5) is 9.59 Å². The Morgan fingerprint density at radius 3 is 2.70 bits per heavy atom. The monoisotopic (exact) mass is 343 g/mol. The summed E-state index contributed by atoms with van der Waals surface area (Å²) in [6.07, 6.45) is -1.58. The maximum Gasteiger partial charge on any atom is 0.424 e. The topological polar surface area (TPSA) is 114 Å². The summed E-state index contributed by atoms with van der Waals surface area (Å²) in [7, 11) is -3.97. The molecule has 1 aliphatic rings. The Hall–Kier alpha value is -2.33. The van der Waals surface area contributed by atoms with Crippen LogP contribution in [0.25, 0.3) is 0 Å². The van der Waals surface area contributed by atoms with Gasteiger partial charge in [-0.2, -0.15) is 17.4 Å². The maximum atomic E-state index is 11.8. The molecular weight excluding hydrogens is 326 g/mol. The molecule has 1 heterocycles. The van der Waals surface area contributed by atoms with Gasteiger partial charge in [0, 0.05) is 13.1 Å². The minimum absolute atomic E-state index is 0.0259. The number of cyclic esters (lactones) is 1. The number of carbonyl (C=O) groups is 2. The number of hydrogen-bond acceptors (Lipinski definition) is 6. The number of benzene rings is 1. The number of nitrogens with zero attached hydrogens (tertiary/aromatic N) is 1. The first-order chi connectivity index (χ1) is 11.0. The molecule has 0 unspecified atom stereocenters. The second-order valence-electron chi connectivity index (χ2n) is 4.56. The minimum Gasteiger partial charge on any atom is -0.448 e. The van der Waals surface area contributed by atoms with Crippen molar-refractivity contribution < 1.29 is 27.5 Å². The molecule has 10 heteroatoms. The number of alkyl carbamates (subject to hydrolysis) is 1. The standard InChI is InChI=1S/C13H17N3O6S/c17-12(14-10-11-4-2-1-3-5-11)21-8-6-15-23(19,20)16-7-9-22-13(16)18/h1-5,15H,6-10H2,(H,14,17). The molecule has 2 N–H and O–H groups in total. The van der Waals surface area contributed by atoms with Crippen LogP contribution < -0.4 is 10.0 Å². The predicted molar refractivity (Wildman–Crippen MR) is 79.6 cm³/mol. The zero-order chi connectivity index (χ0) is 16.7. The molecule has 1 aromatic rings. The van der Waals surface area contributed by atoms with Crippen LogP contribution in [0, 0.1) is 0 Å². The van der Waals surface area contributed by atoms with E-state index in [9.17, 15) is 18.0 Å². The molecule has 0 atom stereocenters. The molecule has 1 aliphatic heterocycles. The molecule has 9 nitrogen and oxygen atoms in total. The van der Waals surface area contributed by atoms with E-state index in [4.69, 9.17) is 4.74 Å². The smallest absolute Gasteiger partial charge is 0.424 e. The maximum absolute atomic E-state index is 11.8. The number of rotatable bonds is 7. The van der Waals surface area contributed by atoms with Crippen molar-refractivity contribution in [1.29, 1.82) is 0 Å². The van der Waals surface area contributed by atoms with Gasteiger partial charge in [0.15, 0.2) is 0 Å². The van der Waals surface area contributed by atoms with Gasteiger partial charge in [-0.15, -0.1) is 0 Å². The van der Waals surface area contributed by atoms with Gasteiger partial charge in [-0.1, -0.05) is 30.3 Å². The molecule has 0 bridgehead atoms. The van der Waals surface area contributed by atoms with E-state index in [1.54, 1.807) is 0 Å². The average Bonchev–Trinajstić information content (AvgIpc) is 2.98. The first-order valence-corrected chi connectivity index (χ1v) is 8.32. The van der Waals surface area contributed by atoms with Gasteiger partial charge >= 0.3 is 22.4 Å². The van der Waals surface area contributed by atoms with Crippen molar-refractivity contribution in [2.45, 2.75) is 6.54 Å². The summed E-state index contributed by atoms with van der Waals surface area (Å²) in [5, 5.41) is 2.54. The second kappa shape index (κ2) is 7.79.